The van der Waals surface area contributed by atoms with Gasteiger partial charge in [0.05, 0.1) is 6.42 Å². The van der Waals surface area contributed by atoms with Crippen LogP contribution < -0.4 is 10.6 Å². The zero-order chi connectivity index (χ0) is 14.5. The number of hydrogen-bond acceptors (Lipinski definition) is 4. The number of carboxylic acids is 1. The van der Waals surface area contributed by atoms with Gasteiger partial charge >= 0.3 is 12.0 Å². The molecule has 2 fully saturated rings. The maximum absolute atomic E-state index is 11.7. The van der Waals surface area contributed by atoms with Crippen LogP contribution in [-0.2, 0) is 9.59 Å². The second-order valence-corrected chi connectivity index (χ2v) is 5.41. The van der Waals surface area contributed by atoms with Crippen molar-refractivity contribution < 1.29 is 19.5 Å². The molecule has 0 saturated carbocycles. The second-order valence-electron chi connectivity index (χ2n) is 5.41. The van der Waals surface area contributed by atoms with Crippen LogP contribution in [0.4, 0.5) is 4.79 Å². The van der Waals surface area contributed by atoms with Crippen LogP contribution in [0.15, 0.2) is 0 Å². The largest absolute Gasteiger partial charge is 0.481 e. The number of carbonyl (C=O) groups is 3. The highest BCUT2D eigenvalue weighted by Gasteiger charge is 2.36. The van der Waals surface area contributed by atoms with E-state index >= 15 is 0 Å². The number of aliphatic carboxylic acids is 1. The summed E-state index contributed by atoms with van der Waals surface area (Å²) in [7, 11) is 0. The van der Waals surface area contributed by atoms with Crippen molar-refractivity contribution in [3.05, 3.63) is 0 Å². The van der Waals surface area contributed by atoms with Gasteiger partial charge in [0, 0.05) is 25.0 Å². The summed E-state index contributed by atoms with van der Waals surface area (Å²) < 4.78 is 0. The molecule has 2 aliphatic heterocycles. The number of fused-ring (bicyclic) bond motifs is 1. The van der Waals surface area contributed by atoms with E-state index in [0.717, 1.165) is 25.9 Å². The van der Waals surface area contributed by atoms with Crippen LogP contribution in [0.3, 0.4) is 0 Å². The maximum Gasteiger partial charge on any atom is 0.321 e. The van der Waals surface area contributed by atoms with Gasteiger partial charge in [-0.05, 0) is 25.8 Å². The van der Waals surface area contributed by atoms with E-state index in [1.807, 2.05) is 0 Å². The number of amides is 3. The fourth-order valence-electron chi connectivity index (χ4n) is 3.03. The Morgan fingerprint density at radius 2 is 1.90 bits per heavy atom. The first-order valence-electron chi connectivity index (χ1n) is 7.12. The molecule has 3 amide bonds. The van der Waals surface area contributed by atoms with Crippen molar-refractivity contribution in [3.63, 3.8) is 0 Å². The molecule has 0 aromatic carbocycles. The Balaban J connectivity index is 1.74. The molecule has 7 nitrogen and oxygen atoms in total. The molecule has 2 saturated heterocycles. The number of carboxylic acid groups (broad SMARTS) is 1. The van der Waals surface area contributed by atoms with Gasteiger partial charge in [0.1, 0.15) is 0 Å². The van der Waals surface area contributed by atoms with Crippen molar-refractivity contribution in [3.8, 4) is 0 Å². The number of urea groups is 1. The van der Waals surface area contributed by atoms with E-state index in [0.29, 0.717) is 6.04 Å². The number of carbonyl (C=O) groups excluding carboxylic acids is 2. The molecule has 2 atom stereocenters. The topological polar surface area (TPSA) is 98.7 Å². The predicted molar refractivity (Wildman–Crippen MR) is 71.2 cm³/mol. The molecule has 0 aliphatic carbocycles. The lowest BCUT2D eigenvalue weighted by Gasteiger charge is -2.32. The van der Waals surface area contributed by atoms with Crippen molar-refractivity contribution in [1.29, 1.82) is 0 Å². The van der Waals surface area contributed by atoms with Gasteiger partial charge in [-0.3, -0.25) is 19.8 Å². The number of hydrogen-bond donors (Lipinski definition) is 3. The number of nitrogens with one attached hydrogen (secondary N) is 2. The minimum atomic E-state index is -1.05. The second kappa shape index (κ2) is 6.69. The molecule has 7 heteroatoms. The van der Waals surface area contributed by atoms with Crippen LogP contribution in [-0.4, -0.2) is 53.1 Å². The lowest BCUT2D eigenvalue weighted by atomic mass is 9.99. The summed E-state index contributed by atoms with van der Waals surface area (Å²) in [4.78, 5) is 35.8. The molecule has 0 spiro atoms. The van der Waals surface area contributed by atoms with E-state index in [2.05, 4.69) is 15.5 Å². The number of imide groups is 1. The first kappa shape index (κ1) is 14.8. The molecule has 0 radical (unpaired) electrons. The third kappa shape index (κ3) is 3.93. The van der Waals surface area contributed by atoms with Crippen LogP contribution in [0.1, 0.15) is 38.5 Å². The summed E-state index contributed by atoms with van der Waals surface area (Å²) in [6, 6.07) is -0.0518. The third-order valence-corrected chi connectivity index (χ3v) is 3.99. The lowest BCUT2D eigenvalue weighted by molar-refractivity contribution is -0.138. The Labute approximate surface area is 117 Å². The van der Waals surface area contributed by atoms with Gasteiger partial charge < -0.3 is 10.4 Å². The van der Waals surface area contributed by atoms with E-state index in [1.54, 1.807) is 0 Å². The van der Waals surface area contributed by atoms with Gasteiger partial charge in [-0.1, -0.05) is 6.42 Å². The molecule has 3 N–H and O–H groups in total. The first-order chi connectivity index (χ1) is 9.56. The summed E-state index contributed by atoms with van der Waals surface area (Å²) in [5.74, 6) is -1.60. The first-order valence-corrected chi connectivity index (χ1v) is 7.12. The normalized spacial score (nSPS) is 25.8. The zero-order valence-corrected chi connectivity index (χ0v) is 11.4. The van der Waals surface area contributed by atoms with Crippen molar-refractivity contribution in [1.82, 2.24) is 15.5 Å². The summed E-state index contributed by atoms with van der Waals surface area (Å²) in [5, 5.41) is 13.5. The SMILES string of the molecule is O=C(O)CCC(=O)NC(=O)NC1CCN2CCCCC12. The predicted octanol–water partition coefficient (Wildman–Crippen LogP) is 0.304. The molecule has 2 unspecified atom stereocenters. The van der Waals surface area contributed by atoms with Gasteiger partial charge in [-0.2, -0.15) is 0 Å². The fourth-order valence-corrected chi connectivity index (χ4v) is 3.03. The monoisotopic (exact) mass is 283 g/mol. The summed E-state index contributed by atoms with van der Waals surface area (Å²) in [6.07, 6.45) is 3.93. The highest BCUT2D eigenvalue weighted by atomic mass is 16.4. The van der Waals surface area contributed by atoms with Gasteiger partial charge in [0.15, 0.2) is 0 Å². The number of nitrogens with zero attached hydrogens (tertiary/aromatic N) is 1. The molecule has 0 aromatic rings. The maximum atomic E-state index is 11.7. The Bertz CT molecular complexity index is 399. The van der Waals surface area contributed by atoms with Crippen LogP contribution in [0, 0.1) is 0 Å². The van der Waals surface area contributed by atoms with E-state index in [9.17, 15) is 14.4 Å². The van der Waals surface area contributed by atoms with Crippen molar-refractivity contribution in [2.24, 2.45) is 0 Å². The summed E-state index contributed by atoms with van der Waals surface area (Å²) in [6.45, 7) is 2.07. The quantitative estimate of drug-likeness (QED) is 0.689. The Kier molecular flexibility index (Phi) is 4.94. The highest BCUT2D eigenvalue weighted by molar-refractivity contribution is 5.95. The van der Waals surface area contributed by atoms with Gasteiger partial charge in [-0.25, -0.2) is 4.79 Å². The minimum Gasteiger partial charge on any atom is -0.481 e. The summed E-state index contributed by atoms with van der Waals surface area (Å²) >= 11 is 0. The van der Waals surface area contributed by atoms with Crippen LogP contribution in [0.2, 0.25) is 0 Å². The molecule has 0 bridgehead atoms. The standard InChI is InChI=1S/C13H21N3O4/c17-11(4-5-12(18)19)15-13(20)14-9-6-8-16-7-2-1-3-10(9)16/h9-10H,1-8H2,(H,18,19)(H2,14,15,17,20). The average Bonchev–Trinajstić information content (AvgIpc) is 2.80. The van der Waals surface area contributed by atoms with E-state index < -0.39 is 17.9 Å². The molecule has 2 heterocycles. The van der Waals surface area contributed by atoms with Gasteiger partial charge in [-0.15, -0.1) is 0 Å². The lowest BCUT2D eigenvalue weighted by Crippen LogP contribution is -2.50. The van der Waals surface area contributed by atoms with E-state index in [-0.39, 0.29) is 18.9 Å². The van der Waals surface area contributed by atoms with Crippen molar-refractivity contribution in [2.45, 2.75) is 50.6 Å². The number of rotatable bonds is 4. The molecule has 112 valence electrons. The van der Waals surface area contributed by atoms with Crippen molar-refractivity contribution in [2.75, 3.05) is 13.1 Å². The molecule has 2 rings (SSSR count). The average molecular weight is 283 g/mol. The number of piperidine rings is 1. The van der Waals surface area contributed by atoms with Crippen LogP contribution >= 0.6 is 0 Å². The molecule has 0 aromatic heterocycles. The molecule has 2 aliphatic rings. The smallest absolute Gasteiger partial charge is 0.321 e. The zero-order valence-electron chi connectivity index (χ0n) is 11.4. The Hall–Kier alpha value is -1.63. The van der Waals surface area contributed by atoms with Gasteiger partial charge in [0.2, 0.25) is 5.91 Å². The van der Waals surface area contributed by atoms with E-state index in [1.165, 1.54) is 12.8 Å². The minimum absolute atomic E-state index is 0.0857. The molecular formula is C13H21N3O4. The third-order valence-electron chi connectivity index (χ3n) is 3.99. The van der Waals surface area contributed by atoms with Gasteiger partial charge in [0.25, 0.3) is 0 Å². The highest BCUT2D eigenvalue weighted by Crippen LogP contribution is 2.26. The molecule has 20 heavy (non-hydrogen) atoms. The summed E-state index contributed by atoms with van der Waals surface area (Å²) in [5.41, 5.74) is 0. The fraction of sp³-hybridized carbons (Fsp3) is 0.769. The van der Waals surface area contributed by atoms with Crippen LogP contribution in [0.5, 0.6) is 0 Å². The molecular weight excluding hydrogens is 262 g/mol. The van der Waals surface area contributed by atoms with Crippen LogP contribution in [0.25, 0.3) is 0 Å². The van der Waals surface area contributed by atoms with Crippen molar-refractivity contribution >= 4 is 17.9 Å². The Morgan fingerprint density at radius 3 is 2.65 bits per heavy atom. The van der Waals surface area contributed by atoms with E-state index in [4.69, 9.17) is 5.11 Å². The Morgan fingerprint density at radius 1 is 1.10 bits per heavy atom.